The predicted octanol–water partition coefficient (Wildman–Crippen LogP) is 1.00. The van der Waals surface area contributed by atoms with Crippen LogP contribution in [0.4, 0.5) is 0 Å². The summed E-state index contributed by atoms with van der Waals surface area (Å²) in [5, 5.41) is 0. The third kappa shape index (κ3) is 10.8. The van der Waals surface area contributed by atoms with E-state index >= 15 is 0 Å². The monoisotopic (exact) mass is 376 g/mol. The van der Waals surface area contributed by atoms with Crippen molar-refractivity contribution < 1.29 is 36.3 Å². The van der Waals surface area contributed by atoms with Gasteiger partial charge in [-0.1, -0.05) is 18.2 Å². The Bertz CT molecular complexity index is 573. The van der Waals surface area contributed by atoms with Crippen LogP contribution >= 0.6 is 0 Å². The molecule has 0 unspecified atom stereocenters. The average Bonchev–Trinajstić information content (AvgIpc) is 2.59. The lowest BCUT2D eigenvalue weighted by molar-refractivity contribution is -0.142. The predicted molar refractivity (Wildman–Crippen MR) is 88.7 cm³/mol. The summed E-state index contributed by atoms with van der Waals surface area (Å²) in [6.07, 6.45) is 0. The second-order valence-corrected chi connectivity index (χ2v) is 6.38. The SMILES string of the molecule is CC(=O)OCCOCCOCCOCCOS(=O)(=O)c1ccccc1. The molecule has 0 aliphatic rings. The van der Waals surface area contributed by atoms with E-state index in [0.29, 0.717) is 33.0 Å². The Labute approximate surface area is 148 Å². The number of benzene rings is 1. The van der Waals surface area contributed by atoms with Gasteiger partial charge in [-0.05, 0) is 12.1 Å². The van der Waals surface area contributed by atoms with Gasteiger partial charge in [0.2, 0.25) is 0 Å². The van der Waals surface area contributed by atoms with Crippen LogP contribution in [0.2, 0.25) is 0 Å². The fourth-order valence-corrected chi connectivity index (χ4v) is 2.56. The molecule has 0 aromatic heterocycles. The first kappa shape index (κ1) is 21.5. The van der Waals surface area contributed by atoms with Gasteiger partial charge >= 0.3 is 5.97 Å². The Hall–Kier alpha value is -1.52. The lowest BCUT2D eigenvalue weighted by Crippen LogP contribution is -2.15. The number of carbonyl (C=O) groups is 1. The van der Waals surface area contributed by atoms with E-state index in [2.05, 4.69) is 0 Å². The molecule has 9 heteroatoms. The molecule has 142 valence electrons. The zero-order valence-electron chi connectivity index (χ0n) is 14.2. The first-order valence-electron chi connectivity index (χ1n) is 7.83. The van der Waals surface area contributed by atoms with Crippen LogP contribution in [0.3, 0.4) is 0 Å². The van der Waals surface area contributed by atoms with Crippen molar-refractivity contribution in [1.82, 2.24) is 0 Å². The van der Waals surface area contributed by atoms with Crippen LogP contribution in [-0.4, -0.2) is 67.2 Å². The largest absolute Gasteiger partial charge is 0.463 e. The van der Waals surface area contributed by atoms with E-state index in [0.717, 1.165) is 0 Å². The highest BCUT2D eigenvalue weighted by Crippen LogP contribution is 2.10. The third-order valence-corrected chi connectivity index (χ3v) is 4.10. The summed E-state index contributed by atoms with van der Waals surface area (Å²) in [6, 6.07) is 7.93. The minimum Gasteiger partial charge on any atom is -0.463 e. The molecule has 25 heavy (non-hydrogen) atoms. The van der Waals surface area contributed by atoms with Crippen LogP contribution in [0.5, 0.6) is 0 Å². The number of hydrogen-bond acceptors (Lipinski definition) is 8. The number of carbonyl (C=O) groups excluding carboxylic acids is 1. The van der Waals surface area contributed by atoms with Crippen molar-refractivity contribution in [2.75, 3.05) is 52.9 Å². The topological polar surface area (TPSA) is 97.4 Å². The Morgan fingerprint density at radius 3 is 1.80 bits per heavy atom. The smallest absolute Gasteiger partial charge is 0.302 e. The van der Waals surface area contributed by atoms with Crippen molar-refractivity contribution in [1.29, 1.82) is 0 Å². The van der Waals surface area contributed by atoms with Gasteiger partial charge in [-0.2, -0.15) is 8.42 Å². The molecule has 0 aliphatic carbocycles. The number of esters is 1. The Morgan fingerprint density at radius 2 is 1.28 bits per heavy atom. The fraction of sp³-hybridized carbons (Fsp3) is 0.562. The van der Waals surface area contributed by atoms with Crippen LogP contribution in [0.1, 0.15) is 6.92 Å². The van der Waals surface area contributed by atoms with Crippen molar-refractivity contribution in [2.45, 2.75) is 11.8 Å². The van der Waals surface area contributed by atoms with Crippen molar-refractivity contribution in [3.05, 3.63) is 30.3 Å². The van der Waals surface area contributed by atoms with E-state index in [1.807, 2.05) is 0 Å². The maximum Gasteiger partial charge on any atom is 0.302 e. The summed E-state index contributed by atoms with van der Waals surface area (Å²) >= 11 is 0. The molecular formula is C16H24O8S. The zero-order chi connectivity index (χ0) is 18.4. The van der Waals surface area contributed by atoms with Crippen LogP contribution in [0.25, 0.3) is 0 Å². The highest BCUT2D eigenvalue weighted by atomic mass is 32.2. The Balaban J connectivity index is 1.91. The van der Waals surface area contributed by atoms with E-state index in [9.17, 15) is 13.2 Å². The molecule has 0 aliphatic heterocycles. The maximum atomic E-state index is 11.8. The van der Waals surface area contributed by atoms with Gasteiger partial charge < -0.3 is 18.9 Å². The van der Waals surface area contributed by atoms with Gasteiger partial charge in [0, 0.05) is 6.92 Å². The molecule has 0 heterocycles. The van der Waals surface area contributed by atoms with Gasteiger partial charge in [0.05, 0.1) is 51.1 Å². The molecule has 0 N–H and O–H groups in total. The fourth-order valence-electron chi connectivity index (χ4n) is 1.64. The second-order valence-electron chi connectivity index (χ2n) is 4.77. The van der Waals surface area contributed by atoms with Gasteiger partial charge in [0.25, 0.3) is 10.1 Å². The van der Waals surface area contributed by atoms with E-state index in [1.54, 1.807) is 18.2 Å². The van der Waals surface area contributed by atoms with Crippen molar-refractivity contribution in [2.24, 2.45) is 0 Å². The van der Waals surface area contributed by atoms with Gasteiger partial charge in [0.1, 0.15) is 6.61 Å². The number of ether oxygens (including phenoxy) is 4. The molecule has 0 amide bonds. The highest BCUT2D eigenvalue weighted by Gasteiger charge is 2.13. The first-order valence-corrected chi connectivity index (χ1v) is 9.24. The number of rotatable bonds is 14. The maximum absolute atomic E-state index is 11.8. The molecule has 0 atom stereocenters. The summed E-state index contributed by atoms with van der Waals surface area (Å²) < 4.78 is 48.8. The molecule has 0 radical (unpaired) electrons. The van der Waals surface area contributed by atoms with Gasteiger partial charge in [0.15, 0.2) is 0 Å². The summed E-state index contributed by atoms with van der Waals surface area (Å²) in [4.78, 5) is 10.6. The minimum atomic E-state index is -3.74. The standard InChI is InChI=1S/C16H24O8S/c1-15(17)23-13-11-21-9-7-20-8-10-22-12-14-24-25(18,19)16-5-3-2-4-6-16/h2-6H,7-14H2,1H3. The van der Waals surface area contributed by atoms with Crippen molar-refractivity contribution in [3.63, 3.8) is 0 Å². The van der Waals surface area contributed by atoms with Gasteiger partial charge in [-0.15, -0.1) is 0 Å². The molecular weight excluding hydrogens is 352 g/mol. The molecule has 0 saturated carbocycles. The molecule has 1 aromatic rings. The van der Waals surface area contributed by atoms with Crippen molar-refractivity contribution in [3.8, 4) is 0 Å². The van der Waals surface area contributed by atoms with E-state index in [-0.39, 0.29) is 30.7 Å². The first-order chi connectivity index (χ1) is 12.0. The Morgan fingerprint density at radius 1 is 0.800 bits per heavy atom. The summed E-state index contributed by atoms with van der Waals surface area (Å²) in [5.41, 5.74) is 0. The molecule has 0 saturated heterocycles. The van der Waals surface area contributed by atoms with Crippen molar-refractivity contribution >= 4 is 16.1 Å². The molecule has 0 bridgehead atoms. The highest BCUT2D eigenvalue weighted by molar-refractivity contribution is 7.86. The summed E-state index contributed by atoms with van der Waals surface area (Å²) in [7, 11) is -3.74. The van der Waals surface area contributed by atoms with Crippen LogP contribution in [-0.2, 0) is 38.0 Å². The normalized spacial score (nSPS) is 11.4. The quantitative estimate of drug-likeness (QED) is 0.270. The summed E-state index contributed by atoms with van der Waals surface area (Å²) in [5.74, 6) is -0.336. The minimum absolute atomic E-state index is 0.0590. The van der Waals surface area contributed by atoms with Gasteiger partial charge in [-0.25, -0.2) is 0 Å². The lowest BCUT2D eigenvalue weighted by Gasteiger charge is -2.08. The van der Waals surface area contributed by atoms with Crippen LogP contribution in [0, 0.1) is 0 Å². The zero-order valence-corrected chi connectivity index (χ0v) is 15.0. The molecule has 0 spiro atoms. The van der Waals surface area contributed by atoms with Crippen LogP contribution in [0.15, 0.2) is 35.2 Å². The molecule has 8 nitrogen and oxygen atoms in total. The average molecular weight is 376 g/mol. The van der Waals surface area contributed by atoms with E-state index in [1.165, 1.54) is 19.1 Å². The molecule has 0 fully saturated rings. The number of hydrogen-bond donors (Lipinski definition) is 0. The molecule has 1 aromatic carbocycles. The van der Waals surface area contributed by atoms with Gasteiger partial charge in [-0.3, -0.25) is 8.98 Å². The third-order valence-electron chi connectivity index (χ3n) is 2.78. The summed E-state index contributed by atoms with van der Waals surface area (Å²) in [6.45, 7) is 3.44. The molecule has 1 rings (SSSR count). The van der Waals surface area contributed by atoms with E-state index in [4.69, 9.17) is 23.1 Å². The van der Waals surface area contributed by atoms with Crippen LogP contribution < -0.4 is 0 Å². The lowest BCUT2D eigenvalue weighted by atomic mass is 10.4. The second kappa shape index (κ2) is 12.8. The van der Waals surface area contributed by atoms with E-state index < -0.39 is 10.1 Å². The Kier molecular flexibility index (Phi) is 11.0.